The Labute approximate surface area is 202 Å². The third-order valence-corrected chi connectivity index (χ3v) is 5.76. The number of H-pyrrole nitrogens is 1. The maximum Gasteiger partial charge on any atom is 0.317 e. The number of nitrogens with one attached hydrogen (secondary N) is 4. The van der Waals surface area contributed by atoms with Crippen molar-refractivity contribution in [2.75, 3.05) is 31.5 Å². The number of aromatic nitrogens is 3. The molecule has 3 amide bonds. The fraction of sp³-hybridized carbons (Fsp3) is 0.154. The number of hydrogen-bond acceptors (Lipinski definition) is 5. The smallest absolute Gasteiger partial charge is 0.317 e. The Bertz CT molecular complexity index is 1380. The molecule has 5 rings (SSSR count). The molecular formula is C26H25N7O2. The molecule has 0 unspecified atom stereocenters. The molecule has 0 spiro atoms. The molecule has 3 heterocycles. The number of carbonyl (C=O) groups is 2. The van der Waals surface area contributed by atoms with Crippen LogP contribution in [0.3, 0.4) is 0 Å². The summed E-state index contributed by atoms with van der Waals surface area (Å²) in [5.74, 6) is -0.197. The Morgan fingerprint density at radius 1 is 1.09 bits per heavy atom. The average molecular weight is 468 g/mol. The number of para-hydroxylation sites is 1. The van der Waals surface area contributed by atoms with E-state index in [1.807, 2.05) is 66.7 Å². The number of carbonyl (C=O) groups excluding carboxylic acids is 2. The lowest BCUT2D eigenvalue weighted by Crippen LogP contribution is -2.36. The number of hydrogen-bond donors (Lipinski definition) is 4. The lowest BCUT2D eigenvalue weighted by atomic mass is 10.1. The van der Waals surface area contributed by atoms with Gasteiger partial charge in [-0.2, -0.15) is 5.10 Å². The van der Waals surface area contributed by atoms with Gasteiger partial charge >= 0.3 is 6.03 Å². The van der Waals surface area contributed by atoms with Crippen molar-refractivity contribution >= 4 is 46.4 Å². The molecule has 0 bridgehead atoms. The van der Waals surface area contributed by atoms with Crippen LogP contribution in [0.4, 0.5) is 16.2 Å². The third-order valence-electron chi connectivity index (χ3n) is 5.76. The van der Waals surface area contributed by atoms with Crippen LogP contribution in [-0.4, -0.2) is 58.2 Å². The summed E-state index contributed by atoms with van der Waals surface area (Å²) >= 11 is 0. The minimum Gasteiger partial charge on any atom is -0.355 e. The minimum absolute atomic E-state index is 0.0918. The van der Waals surface area contributed by atoms with Gasteiger partial charge < -0.3 is 20.9 Å². The maximum absolute atomic E-state index is 12.8. The van der Waals surface area contributed by atoms with Crippen LogP contribution in [0.25, 0.3) is 23.1 Å². The molecule has 1 saturated heterocycles. The fourth-order valence-electron chi connectivity index (χ4n) is 3.95. The largest absolute Gasteiger partial charge is 0.355 e. The zero-order valence-electron chi connectivity index (χ0n) is 19.0. The molecule has 9 heteroatoms. The molecule has 1 aliphatic rings. The number of nitrogens with zero attached hydrogens (tertiary/aromatic N) is 3. The first-order valence-electron chi connectivity index (χ1n) is 11.4. The lowest BCUT2D eigenvalue weighted by Gasteiger charge is -2.15. The fourth-order valence-corrected chi connectivity index (χ4v) is 3.95. The van der Waals surface area contributed by atoms with E-state index in [2.05, 4.69) is 31.1 Å². The summed E-state index contributed by atoms with van der Waals surface area (Å²) in [5, 5.41) is 17.5. The molecule has 4 aromatic rings. The Hall–Kier alpha value is -4.66. The molecule has 176 valence electrons. The van der Waals surface area contributed by atoms with Gasteiger partial charge in [0.1, 0.15) is 0 Å². The predicted octanol–water partition coefficient (Wildman–Crippen LogP) is 3.63. The Morgan fingerprint density at radius 3 is 2.80 bits per heavy atom. The first-order valence-corrected chi connectivity index (χ1v) is 11.4. The summed E-state index contributed by atoms with van der Waals surface area (Å²) in [6.07, 6.45) is 5.61. The van der Waals surface area contributed by atoms with Crippen molar-refractivity contribution < 1.29 is 9.59 Å². The molecule has 2 aromatic heterocycles. The van der Waals surface area contributed by atoms with E-state index in [-0.39, 0.29) is 11.9 Å². The van der Waals surface area contributed by atoms with Crippen molar-refractivity contribution in [2.45, 2.75) is 0 Å². The number of anilines is 2. The number of amides is 3. The molecule has 0 saturated carbocycles. The first kappa shape index (κ1) is 22.1. The molecule has 2 aromatic carbocycles. The van der Waals surface area contributed by atoms with Gasteiger partial charge in [0.15, 0.2) is 0 Å². The number of fused-ring (bicyclic) bond motifs is 1. The van der Waals surface area contributed by atoms with E-state index in [4.69, 9.17) is 0 Å². The van der Waals surface area contributed by atoms with Crippen molar-refractivity contribution in [1.82, 2.24) is 30.7 Å². The van der Waals surface area contributed by atoms with E-state index >= 15 is 0 Å². The van der Waals surface area contributed by atoms with Crippen LogP contribution in [0, 0.1) is 0 Å². The van der Waals surface area contributed by atoms with Gasteiger partial charge in [0.25, 0.3) is 5.91 Å². The predicted molar refractivity (Wildman–Crippen MR) is 136 cm³/mol. The summed E-state index contributed by atoms with van der Waals surface area (Å²) in [5.41, 5.74) is 4.61. The van der Waals surface area contributed by atoms with E-state index < -0.39 is 0 Å². The molecule has 1 aliphatic heterocycles. The number of benzene rings is 2. The van der Waals surface area contributed by atoms with Gasteiger partial charge in [0.2, 0.25) is 0 Å². The van der Waals surface area contributed by atoms with Crippen molar-refractivity contribution in [3.63, 3.8) is 0 Å². The maximum atomic E-state index is 12.8. The van der Waals surface area contributed by atoms with Crippen LogP contribution in [0.1, 0.15) is 21.7 Å². The second-order valence-corrected chi connectivity index (χ2v) is 8.10. The van der Waals surface area contributed by atoms with Crippen LogP contribution < -0.4 is 16.0 Å². The topological polar surface area (TPSA) is 115 Å². The highest BCUT2D eigenvalue weighted by molar-refractivity contribution is 6.00. The van der Waals surface area contributed by atoms with Gasteiger partial charge in [-0.25, -0.2) is 4.79 Å². The molecular weight excluding hydrogens is 442 g/mol. The Kier molecular flexibility index (Phi) is 6.38. The standard InChI is InChI=1S/C26H25N7O2/c34-25(28-13-15-33-16-14-29-26(33)35)21-6-1-2-7-22(21)30-19-8-10-20-23(31-32-24(20)17-19)11-9-18-5-3-4-12-27-18/h1-12,17,30H,13-16H2,(H,28,34)(H,29,35)(H,31,32)/b11-9+. The van der Waals surface area contributed by atoms with E-state index in [0.717, 1.165) is 28.0 Å². The van der Waals surface area contributed by atoms with Crippen molar-refractivity contribution in [3.05, 3.63) is 83.8 Å². The normalized spacial score (nSPS) is 13.4. The van der Waals surface area contributed by atoms with E-state index in [0.29, 0.717) is 37.4 Å². The monoisotopic (exact) mass is 467 g/mol. The second kappa shape index (κ2) is 10.1. The molecule has 1 fully saturated rings. The summed E-state index contributed by atoms with van der Waals surface area (Å²) in [6.45, 7) is 2.15. The van der Waals surface area contributed by atoms with Gasteiger partial charge in [0.05, 0.1) is 28.2 Å². The van der Waals surface area contributed by atoms with Crippen molar-refractivity contribution in [1.29, 1.82) is 0 Å². The highest BCUT2D eigenvalue weighted by Gasteiger charge is 2.19. The summed E-state index contributed by atoms with van der Waals surface area (Å²) in [4.78, 5) is 30.4. The molecule has 0 atom stereocenters. The van der Waals surface area contributed by atoms with Crippen molar-refractivity contribution in [2.24, 2.45) is 0 Å². The van der Waals surface area contributed by atoms with Gasteiger partial charge in [-0.3, -0.25) is 14.9 Å². The number of rotatable bonds is 8. The molecule has 35 heavy (non-hydrogen) atoms. The zero-order chi connectivity index (χ0) is 24.0. The van der Waals surface area contributed by atoms with Crippen LogP contribution in [-0.2, 0) is 0 Å². The number of urea groups is 1. The van der Waals surface area contributed by atoms with Crippen LogP contribution >= 0.6 is 0 Å². The van der Waals surface area contributed by atoms with E-state index in [1.165, 1.54) is 0 Å². The number of aromatic amines is 1. The van der Waals surface area contributed by atoms with Gasteiger partial charge in [-0.05, 0) is 54.6 Å². The van der Waals surface area contributed by atoms with Gasteiger partial charge in [-0.15, -0.1) is 0 Å². The van der Waals surface area contributed by atoms with E-state index in [1.54, 1.807) is 17.2 Å². The third kappa shape index (κ3) is 5.14. The lowest BCUT2D eigenvalue weighted by molar-refractivity contribution is 0.0951. The summed E-state index contributed by atoms with van der Waals surface area (Å²) in [7, 11) is 0. The minimum atomic E-state index is -0.197. The first-order chi connectivity index (χ1) is 17.2. The summed E-state index contributed by atoms with van der Waals surface area (Å²) < 4.78 is 0. The van der Waals surface area contributed by atoms with Gasteiger partial charge in [-0.1, -0.05) is 18.2 Å². The average Bonchev–Trinajstić information content (AvgIpc) is 3.49. The summed E-state index contributed by atoms with van der Waals surface area (Å²) in [6, 6.07) is 18.9. The number of pyridine rings is 1. The van der Waals surface area contributed by atoms with Crippen LogP contribution in [0.2, 0.25) is 0 Å². The Morgan fingerprint density at radius 2 is 1.97 bits per heavy atom. The highest BCUT2D eigenvalue weighted by atomic mass is 16.2. The van der Waals surface area contributed by atoms with Crippen molar-refractivity contribution in [3.8, 4) is 0 Å². The zero-order valence-corrected chi connectivity index (χ0v) is 19.0. The SMILES string of the molecule is O=C(NCCN1CCNC1=O)c1ccccc1Nc1ccc2c(/C=C/c3ccccn3)n[nH]c2c1. The molecule has 4 N–H and O–H groups in total. The molecule has 0 aliphatic carbocycles. The second-order valence-electron chi connectivity index (χ2n) is 8.10. The van der Waals surface area contributed by atoms with E-state index in [9.17, 15) is 9.59 Å². The van der Waals surface area contributed by atoms with Crippen LogP contribution in [0.15, 0.2) is 66.9 Å². The highest BCUT2D eigenvalue weighted by Crippen LogP contribution is 2.26. The van der Waals surface area contributed by atoms with Gasteiger partial charge in [0, 0.05) is 43.4 Å². The van der Waals surface area contributed by atoms with Crippen LogP contribution in [0.5, 0.6) is 0 Å². The molecule has 0 radical (unpaired) electrons. The quantitative estimate of drug-likeness (QED) is 0.316. The Balaban J connectivity index is 1.27. The molecule has 9 nitrogen and oxygen atoms in total.